The van der Waals surface area contributed by atoms with Crippen LogP contribution in [0.25, 0.3) is 0 Å². The molecule has 2 amide bonds. The molecule has 0 aromatic carbocycles. The van der Waals surface area contributed by atoms with Crippen molar-refractivity contribution in [3.05, 3.63) is 0 Å². The molecular formula is C15H29N3O2. The molecule has 5 heteroatoms. The van der Waals surface area contributed by atoms with Crippen molar-refractivity contribution in [1.82, 2.24) is 15.5 Å². The van der Waals surface area contributed by atoms with E-state index in [2.05, 4.69) is 24.5 Å². The number of hydrogen-bond donors (Lipinski definition) is 2. The summed E-state index contributed by atoms with van der Waals surface area (Å²) in [6.07, 6.45) is 4.61. The summed E-state index contributed by atoms with van der Waals surface area (Å²) < 4.78 is 0. The lowest BCUT2D eigenvalue weighted by molar-refractivity contribution is -0.130. The van der Waals surface area contributed by atoms with Crippen LogP contribution in [0.3, 0.4) is 0 Å². The molecule has 2 N–H and O–H groups in total. The third-order valence-electron chi connectivity index (χ3n) is 3.97. The van der Waals surface area contributed by atoms with Gasteiger partial charge in [0.25, 0.3) is 0 Å². The molecular weight excluding hydrogens is 254 g/mol. The Kier molecular flexibility index (Phi) is 7.59. The SMILES string of the molecule is CCC(CC)NC(=O)C(C)NCCC(=O)N1CCCC1. The highest BCUT2D eigenvalue weighted by atomic mass is 16.2. The van der Waals surface area contributed by atoms with Gasteiger partial charge >= 0.3 is 0 Å². The molecule has 1 heterocycles. The summed E-state index contributed by atoms with van der Waals surface area (Å²) in [7, 11) is 0. The normalized spacial score (nSPS) is 16.5. The lowest BCUT2D eigenvalue weighted by Crippen LogP contribution is -2.46. The van der Waals surface area contributed by atoms with Crippen LogP contribution in [-0.2, 0) is 9.59 Å². The Bertz CT molecular complexity index is 310. The summed E-state index contributed by atoms with van der Waals surface area (Å²) in [5.41, 5.74) is 0. The fraction of sp³-hybridized carbons (Fsp3) is 0.867. The van der Waals surface area contributed by atoms with Crippen LogP contribution in [0.15, 0.2) is 0 Å². The Morgan fingerprint density at radius 1 is 1.15 bits per heavy atom. The van der Waals surface area contributed by atoms with Crippen LogP contribution >= 0.6 is 0 Å². The number of carbonyl (C=O) groups excluding carboxylic acids is 2. The Morgan fingerprint density at radius 2 is 1.75 bits per heavy atom. The van der Waals surface area contributed by atoms with Crippen LogP contribution < -0.4 is 10.6 Å². The molecule has 5 nitrogen and oxygen atoms in total. The van der Waals surface area contributed by atoms with E-state index in [1.165, 1.54) is 0 Å². The zero-order valence-electron chi connectivity index (χ0n) is 13.1. The second-order valence-electron chi connectivity index (χ2n) is 5.54. The van der Waals surface area contributed by atoms with Crippen LogP contribution in [0.5, 0.6) is 0 Å². The molecule has 1 rings (SSSR count). The van der Waals surface area contributed by atoms with E-state index in [9.17, 15) is 9.59 Å². The van der Waals surface area contributed by atoms with Crippen molar-refractivity contribution in [3.8, 4) is 0 Å². The fourth-order valence-electron chi connectivity index (χ4n) is 2.43. The maximum atomic E-state index is 11.9. The molecule has 0 saturated carbocycles. The van der Waals surface area contributed by atoms with E-state index in [0.717, 1.165) is 38.8 Å². The third-order valence-corrected chi connectivity index (χ3v) is 3.97. The smallest absolute Gasteiger partial charge is 0.237 e. The summed E-state index contributed by atoms with van der Waals surface area (Å²) >= 11 is 0. The van der Waals surface area contributed by atoms with Crippen LogP contribution in [0.4, 0.5) is 0 Å². The number of hydrogen-bond acceptors (Lipinski definition) is 3. The first-order valence-corrected chi connectivity index (χ1v) is 7.90. The molecule has 0 aliphatic carbocycles. The fourth-order valence-corrected chi connectivity index (χ4v) is 2.43. The minimum absolute atomic E-state index is 0.0207. The van der Waals surface area contributed by atoms with Crippen molar-refractivity contribution in [2.75, 3.05) is 19.6 Å². The monoisotopic (exact) mass is 283 g/mol. The van der Waals surface area contributed by atoms with Crippen LogP contribution in [0.1, 0.15) is 52.9 Å². The van der Waals surface area contributed by atoms with Gasteiger partial charge in [0.15, 0.2) is 0 Å². The quantitative estimate of drug-likeness (QED) is 0.705. The first-order valence-electron chi connectivity index (χ1n) is 7.90. The molecule has 1 unspecified atom stereocenters. The van der Waals surface area contributed by atoms with Crippen molar-refractivity contribution in [2.45, 2.75) is 65.0 Å². The van der Waals surface area contributed by atoms with Gasteiger partial charge in [0, 0.05) is 32.1 Å². The van der Waals surface area contributed by atoms with Gasteiger partial charge in [0.1, 0.15) is 0 Å². The molecule has 0 aromatic heterocycles. The van der Waals surface area contributed by atoms with Gasteiger partial charge in [-0.15, -0.1) is 0 Å². The van der Waals surface area contributed by atoms with Gasteiger partial charge in [-0.25, -0.2) is 0 Å². The van der Waals surface area contributed by atoms with Gasteiger partial charge in [-0.2, -0.15) is 0 Å². The number of nitrogens with one attached hydrogen (secondary N) is 2. The molecule has 20 heavy (non-hydrogen) atoms. The van der Waals surface area contributed by atoms with Crippen molar-refractivity contribution in [3.63, 3.8) is 0 Å². The van der Waals surface area contributed by atoms with E-state index in [-0.39, 0.29) is 23.9 Å². The van der Waals surface area contributed by atoms with Gasteiger partial charge in [-0.3, -0.25) is 9.59 Å². The Hall–Kier alpha value is -1.10. The largest absolute Gasteiger partial charge is 0.352 e. The summed E-state index contributed by atoms with van der Waals surface area (Å²) in [5.74, 6) is 0.218. The van der Waals surface area contributed by atoms with Gasteiger partial charge in [-0.1, -0.05) is 13.8 Å². The summed E-state index contributed by atoms with van der Waals surface area (Å²) in [6.45, 7) is 8.33. The molecule has 1 atom stereocenters. The molecule has 0 radical (unpaired) electrons. The Balaban J connectivity index is 2.19. The lowest BCUT2D eigenvalue weighted by Gasteiger charge is -2.20. The average Bonchev–Trinajstić information content (AvgIpc) is 2.98. The Morgan fingerprint density at radius 3 is 2.30 bits per heavy atom. The van der Waals surface area contributed by atoms with Crippen LogP contribution in [0.2, 0.25) is 0 Å². The van der Waals surface area contributed by atoms with Gasteiger partial charge in [0.2, 0.25) is 11.8 Å². The molecule has 0 aromatic rings. The first kappa shape index (κ1) is 17.0. The predicted octanol–water partition coefficient (Wildman–Crippen LogP) is 1.28. The second-order valence-corrected chi connectivity index (χ2v) is 5.54. The Labute approximate surface area is 122 Å². The minimum atomic E-state index is -0.248. The maximum Gasteiger partial charge on any atom is 0.237 e. The molecule has 0 bridgehead atoms. The van der Waals surface area contributed by atoms with Crippen molar-refractivity contribution >= 4 is 11.8 Å². The predicted molar refractivity (Wildman–Crippen MR) is 80.4 cm³/mol. The summed E-state index contributed by atoms with van der Waals surface area (Å²) in [4.78, 5) is 25.7. The minimum Gasteiger partial charge on any atom is -0.352 e. The number of rotatable bonds is 8. The molecule has 1 fully saturated rings. The van der Waals surface area contributed by atoms with Crippen molar-refractivity contribution < 1.29 is 9.59 Å². The molecule has 1 aliphatic heterocycles. The summed E-state index contributed by atoms with van der Waals surface area (Å²) in [5, 5.41) is 6.14. The van der Waals surface area contributed by atoms with Gasteiger partial charge in [0.05, 0.1) is 6.04 Å². The molecule has 116 valence electrons. The highest BCUT2D eigenvalue weighted by Crippen LogP contribution is 2.08. The third kappa shape index (κ3) is 5.49. The van der Waals surface area contributed by atoms with Crippen molar-refractivity contribution in [2.24, 2.45) is 0 Å². The summed E-state index contributed by atoms with van der Waals surface area (Å²) in [6, 6.07) is -0.0000371. The van der Waals surface area contributed by atoms with Gasteiger partial charge in [-0.05, 0) is 32.6 Å². The topological polar surface area (TPSA) is 61.4 Å². The zero-order chi connectivity index (χ0) is 15.0. The highest BCUT2D eigenvalue weighted by Gasteiger charge is 2.19. The second kappa shape index (κ2) is 8.95. The van der Waals surface area contributed by atoms with E-state index < -0.39 is 0 Å². The van der Waals surface area contributed by atoms with Crippen LogP contribution in [0, 0.1) is 0 Å². The number of likely N-dealkylation sites (tertiary alicyclic amines) is 1. The van der Waals surface area contributed by atoms with E-state index in [4.69, 9.17) is 0 Å². The average molecular weight is 283 g/mol. The molecule has 1 saturated heterocycles. The van der Waals surface area contributed by atoms with Gasteiger partial charge < -0.3 is 15.5 Å². The standard InChI is InChI=1S/C15H29N3O2/c1-4-13(5-2)17-15(20)12(3)16-9-8-14(19)18-10-6-7-11-18/h12-13,16H,4-11H2,1-3H3,(H,17,20). The van der Waals surface area contributed by atoms with E-state index in [0.29, 0.717) is 13.0 Å². The van der Waals surface area contributed by atoms with Crippen molar-refractivity contribution in [1.29, 1.82) is 0 Å². The first-order chi connectivity index (χ1) is 9.58. The highest BCUT2D eigenvalue weighted by molar-refractivity contribution is 5.81. The number of carbonyl (C=O) groups is 2. The lowest BCUT2D eigenvalue weighted by atomic mass is 10.1. The van der Waals surface area contributed by atoms with Crippen LogP contribution in [-0.4, -0.2) is 48.4 Å². The maximum absolute atomic E-state index is 11.9. The number of amides is 2. The van der Waals surface area contributed by atoms with E-state index >= 15 is 0 Å². The molecule has 1 aliphatic rings. The number of nitrogens with zero attached hydrogens (tertiary/aromatic N) is 1. The zero-order valence-corrected chi connectivity index (χ0v) is 13.1. The van der Waals surface area contributed by atoms with E-state index in [1.807, 2.05) is 11.8 Å². The molecule has 0 spiro atoms. The van der Waals surface area contributed by atoms with E-state index in [1.54, 1.807) is 0 Å².